The number of nitrogens with one attached hydrogen (secondary N) is 2. The lowest BCUT2D eigenvalue weighted by Crippen LogP contribution is -2.23. The van der Waals surface area contributed by atoms with Crippen LogP contribution in [0.4, 0.5) is 11.4 Å². The van der Waals surface area contributed by atoms with Gasteiger partial charge in [-0.3, -0.25) is 14.8 Å². The SMILES string of the molecule is CC(C)c1cccc(C(C)C)c1Nc1cncc(C(=O)NCc2cccnc2)c1. The van der Waals surface area contributed by atoms with Crippen LogP contribution in [0.3, 0.4) is 0 Å². The normalized spacial score (nSPS) is 11.0. The molecular weight excluding hydrogens is 360 g/mol. The third kappa shape index (κ3) is 5.19. The number of rotatable bonds is 7. The van der Waals surface area contributed by atoms with Crippen LogP contribution in [0.25, 0.3) is 0 Å². The summed E-state index contributed by atoms with van der Waals surface area (Å²) >= 11 is 0. The highest BCUT2D eigenvalue weighted by molar-refractivity contribution is 5.94. The Labute approximate surface area is 172 Å². The van der Waals surface area contributed by atoms with Gasteiger partial charge in [-0.25, -0.2) is 0 Å². The monoisotopic (exact) mass is 388 g/mol. The molecule has 0 spiro atoms. The summed E-state index contributed by atoms with van der Waals surface area (Å²) in [6.07, 6.45) is 6.79. The Balaban J connectivity index is 1.81. The topological polar surface area (TPSA) is 66.9 Å². The van der Waals surface area contributed by atoms with E-state index in [2.05, 4.69) is 66.5 Å². The fourth-order valence-corrected chi connectivity index (χ4v) is 3.26. The molecule has 0 saturated carbocycles. The zero-order valence-electron chi connectivity index (χ0n) is 17.4. The standard InChI is InChI=1S/C24H28N4O/c1-16(2)21-8-5-9-22(17(3)4)23(21)28-20-11-19(14-26-15-20)24(29)27-13-18-7-6-10-25-12-18/h5-12,14-17,28H,13H2,1-4H3,(H,27,29). The van der Waals surface area contributed by atoms with Crippen LogP contribution in [0.15, 0.2) is 61.2 Å². The summed E-state index contributed by atoms with van der Waals surface area (Å²) in [5, 5.41) is 6.44. The molecule has 2 heterocycles. The zero-order valence-corrected chi connectivity index (χ0v) is 17.4. The molecular formula is C24H28N4O. The number of anilines is 2. The van der Waals surface area contributed by atoms with Crippen LogP contribution in [-0.2, 0) is 6.54 Å². The molecule has 2 aromatic heterocycles. The van der Waals surface area contributed by atoms with Crippen molar-refractivity contribution in [2.24, 2.45) is 0 Å². The minimum absolute atomic E-state index is 0.161. The van der Waals surface area contributed by atoms with Crippen LogP contribution in [0, 0.1) is 0 Å². The average molecular weight is 389 g/mol. The first-order valence-corrected chi connectivity index (χ1v) is 9.97. The minimum Gasteiger partial charge on any atom is -0.354 e. The van der Waals surface area contributed by atoms with Crippen molar-refractivity contribution in [3.05, 3.63) is 83.4 Å². The van der Waals surface area contributed by atoms with Gasteiger partial charge in [0.15, 0.2) is 0 Å². The number of pyridine rings is 2. The van der Waals surface area contributed by atoms with Crippen LogP contribution in [0.2, 0.25) is 0 Å². The molecule has 3 rings (SSSR count). The van der Waals surface area contributed by atoms with Gasteiger partial charge < -0.3 is 10.6 Å². The number of nitrogens with zero attached hydrogens (tertiary/aromatic N) is 2. The van der Waals surface area contributed by atoms with Crippen LogP contribution in [0.5, 0.6) is 0 Å². The third-order valence-electron chi connectivity index (χ3n) is 4.82. The maximum absolute atomic E-state index is 12.6. The minimum atomic E-state index is -0.161. The fourth-order valence-electron chi connectivity index (χ4n) is 3.26. The molecule has 0 aliphatic rings. The molecule has 0 fully saturated rings. The lowest BCUT2D eigenvalue weighted by atomic mass is 9.92. The van der Waals surface area contributed by atoms with E-state index < -0.39 is 0 Å². The van der Waals surface area contributed by atoms with Crippen molar-refractivity contribution in [1.82, 2.24) is 15.3 Å². The van der Waals surface area contributed by atoms with Gasteiger partial charge in [0.1, 0.15) is 0 Å². The van der Waals surface area contributed by atoms with E-state index in [1.165, 1.54) is 11.1 Å². The molecule has 0 aliphatic carbocycles. The lowest BCUT2D eigenvalue weighted by Gasteiger charge is -2.21. The first-order valence-electron chi connectivity index (χ1n) is 9.97. The van der Waals surface area contributed by atoms with Gasteiger partial charge in [0.25, 0.3) is 5.91 Å². The molecule has 150 valence electrons. The van der Waals surface area contributed by atoms with E-state index >= 15 is 0 Å². The van der Waals surface area contributed by atoms with E-state index in [0.29, 0.717) is 23.9 Å². The molecule has 0 bridgehead atoms. The molecule has 29 heavy (non-hydrogen) atoms. The molecule has 2 N–H and O–H groups in total. The van der Waals surface area contributed by atoms with Crippen LogP contribution in [0.1, 0.15) is 66.6 Å². The second-order valence-electron chi connectivity index (χ2n) is 7.75. The Morgan fingerprint density at radius 3 is 2.28 bits per heavy atom. The van der Waals surface area contributed by atoms with E-state index in [1.54, 1.807) is 24.8 Å². The van der Waals surface area contributed by atoms with Gasteiger partial charge in [0, 0.05) is 30.8 Å². The van der Waals surface area contributed by atoms with E-state index in [9.17, 15) is 4.79 Å². The zero-order chi connectivity index (χ0) is 20.8. The van der Waals surface area contributed by atoms with Gasteiger partial charge in [0.2, 0.25) is 0 Å². The largest absolute Gasteiger partial charge is 0.354 e. The summed E-state index contributed by atoms with van der Waals surface area (Å²) in [4.78, 5) is 20.9. The van der Waals surface area contributed by atoms with E-state index in [4.69, 9.17) is 0 Å². The summed E-state index contributed by atoms with van der Waals surface area (Å²) in [7, 11) is 0. The second kappa shape index (κ2) is 9.32. The average Bonchev–Trinajstić information content (AvgIpc) is 2.72. The molecule has 1 amide bonds. The second-order valence-corrected chi connectivity index (χ2v) is 7.75. The van der Waals surface area contributed by atoms with Crippen molar-refractivity contribution in [3.8, 4) is 0 Å². The number of carbonyl (C=O) groups is 1. The number of hydrogen-bond donors (Lipinski definition) is 2. The molecule has 0 atom stereocenters. The van der Waals surface area contributed by atoms with E-state index in [0.717, 1.165) is 16.9 Å². The third-order valence-corrected chi connectivity index (χ3v) is 4.82. The van der Waals surface area contributed by atoms with Crippen molar-refractivity contribution in [1.29, 1.82) is 0 Å². The summed E-state index contributed by atoms with van der Waals surface area (Å²) < 4.78 is 0. The Morgan fingerprint density at radius 2 is 1.66 bits per heavy atom. The maximum atomic E-state index is 12.6. The van der Waals surface area contributed by atoms with Crippen molar-refractivity contribution in [2.75, 3.05) is 5.32 Å². The van der Waals surface area contributed by atoms with Crippen LogP contribution < -0.4 is 10.6 Å². The first-order chi connectivity index (χ1) is 14.0. The van der Waals surface area contributed by atoms with E-state index in [-0.39, 0.29) is 5.91 Å². The predicted octanol–water partition coefficient (Wildman–Crippen LogP) is 5.40. The molecule has 0 saturated heterocycles. The Bertz CT molecular complexity index is 941. The molecule has 0 unspecified atom stereocenters. The molecule has 3 aromatic rings. The summed E-state index contributed by atoms with van der Waals surface area (Å²) in [6.45, 7) is 9.17. The number of amides is 1. The quantitative estimate of drug-likeness (QED) is 0.569. The number of carbonyl (C=O) groups excluding carboxylic acids is 1. The van der Waals surface area contributed by atoms with Crippen molar-refractivity contribution < 1.29 is 4.79 Å². The highest BCUT2D eigenvalue weighted by Gasteiger charge is 2.15. The van der Waals surface area contributed by atoms with Crippen molar-refractivity contribution >= 4 is 17.3 Å². The van der Waals surface area contributed by atoms with Crippen molar-refractivity contribution in [3.63, 3.8) is 0 Å². The van der Waals surface area contributed by atoms with Crippen LogP contribution in [-0.4, -0.2) is 15.9 Å². The summed E-state index contributed by atoms with van der Waals surface area (Å²) in [5.74, 6) is 0.608. The molecule has 0 radical (unpaired) electrons. The Morgan fingerprint density at radius 1 is 0.931 bits per heavy atom. The fraction of sp³-hybridized carbons (Fsp3) is 0.292. The van der Waals surface area contributed by atoms with Gasteiger partial charge in [-0.2, -0.15) is 0 Å². The highest BCUT2D eigenvalue weighted by Crippen LogP contribution is 2.34. The Hall–Kier alpha value is -3.21. The molecule has 5 heteroatoms. The van der Waals surface area contributed by atoms with Gasteiger partial charge in [0.05, 0.1) is 17.4 Å². The van der Waals surface area contributed by atoms with Crippen molar-refractivity contribution in [2.45, 2.75) is 46.1 Å². The molecule has 5 nitrogen and oxygen atoms in total. The number of benzene rings is 1. The van der Waals surface area contributed by atoms with Gasteiger partial charge in [-0.05, 0) is 40.7 Å². The van der Waals surface area contributed by atoms with Gasteiger partial charge in [-0.1, -0.05) is 52.0 Å². The first kappa shape index (κ1) is 20.5. The molecule has 0 aliphatic heterocycles. The lowest BCUT2D eigenvalue weighted by molar-refractivity contribution is 0.0950. The Kier molecular flexibility index (Phi) is 6.60. The number of aromatic nitrogens is 2. The molecule has 1 aromatic carbocycles. The maximum Gasteiger partial charge on any atom is 0.253 e. The van der Waals surface area contributed by atoms with Crippen LogP contribution >= 0.6 is 0 Å². The number of hydrogen-bond acceptors (Lipinski definition) is 4. The number of para-hydroxylation sites is 1. The summed E-state index contributed by atoms with van der Waals surface area (Å²) in [5.41, 5.74) is 5.88. The smallest absolute Gasteiger partial charge is 0.253 e. The highest BCUT2D eigenvalue weighted by atomic mass is 16.1. The summed E-state index contributed by atoms with van der Waals surface area (Å²) in [6, 6.07) is 12.0. The van der Waals surface area contributed by atoms with Gasteiger partial charge >= 0.3 is 0 Å². The predicted molar refractivity (Wildman–Crippen MR) is 118 cm³/mol. The van der Waals surface area contributed by atoms with Gasteiger partial charge in [-0.15, -0.1) is 0 Å². The van der Waals surface area contributed by atoms with E-state index in [1.807, 2.05) is 18.2 Å².